The lowest BCUT2D eigenvalue weighted by atomic mass is 9.98. The third-order valence-electron chi connectivity index (χ3n) is 4.37. The largest absolute Gasteiger partial charge is 0.463 e. The van der Waals surface area contributed by atoms with Crippen molar-refractivity contribution < 1.29 is 4.74 Å². The van der Waals surface area contributed by atoms with E-state index >= 15 is 0 Å². The van der Waals surface area contributed by atoms with Crippen LogP contribution >= 0.6 is 11.3 Å². The van der Waals surface area contributed by atoms with Crippen LogP contribution in [-0.4, -0.2) is 43.2 Å². The van der Waals surface area contributed by atoms with Crippen LogP contribution in [0.3, 0.4) is 0 Å². The van der Waals surface area contributed by atoms with Gasteiger partial charge in [-0.15, -0.1) is 16.4 Å². The molecule has 132 valence electrons. The van der Waals surface area contributed by atoms with Crippen molar-refractivity contribution in [1.29, 1.82) is 5.26 Å². The Bertz CT molecular complexity index is 866. The molecule has 1 saturated heterocycles. The molecule has 4 rings (SSSR count). The molecule has 0 aliphatic carbocycles. The maximum atomic E-state index is 9.00. The third kappa shape index (κ3) is 3.50. The van der Waals surface area contributed by atoms with E-state index in [2.05, 4.69) is 21.7 Å². The molecule has 1 fully saturated rings. The van der Waals surface area contributed by atoms with Gasteiger partial charge >= 0.3 is 0 Å². The molecule has 0 spiro atoms. The molecule has 2 aromatic heterocycles. The number of ether oxygens (including phenoxy) is 1. The molecule has 0 saturated carbocycles. The van der Waals surface area contributed by atoms with Gasteiger partial charge in [0.05, 0.1) is 5.01 Å². The van der Waals surface area contributed by atoms with Crippen molar-refractivity contribution in [2.45, 2.75) is 25.0 Å². The van der Waals surface area contributed by atoms with E-state index in [1.54, 1.807) is 20.9 Å². The molecular weight excluding hydrogens is 350 g/mol. The van der Waals surface area contributed by atoms with Gasteiger partial charge in [-0.25, -0.2) is 4.98 Å². The SMILES string of the molecule is N#CN1CCC(c2nc(C(Oc3ccccc3)n3cnnn3)cs2)CC1. The second kappa shape index (κ2) is 7.49. The molecule has 1 aromatic carbocycles. The topological polar surface area (TPSA) is 92.8 Å². The smallest absolute Gasteiger partial charge is 0.238 e. The van der Waals surface area contributed by atoms with Gasteiger partial charge in [-0.3, -0.25) is 0 Å². The number of likely N-dealkylation sites (tertiary alicyclic amines) is 1. The number of aromatic nitrogens is 5. The Morgan fingerprint density at radius 1 is 1.23 bits per heavy atom. The molecule has 1 aliphatic heterocycles. The van der Waals surface area contributed by atoms with Gasteiger partial charge in [0.1, 0.15) is 17.8 Å². The number of hydrogen-bond donors (Lipinski definition) is 0. The molecule has 26 heavy (non-hydrogen) atoms. The second-order valence-corrected chi connectivity index (χ2v) is 6.93. The van der Waals surface area contributed by atoms with Crippen molar-refractivity contribution in [3.05, 3.63) is 52.7 Å². The van der Waals surface area contributed by atoms with Crippen LogP contribution in [0.4, 0.5) is 0 Å². The van der Waals surface area contributed by atoms with Crippen molar-refractivity contribution in [1.82, 2.24) is 30.1 Å². The number of nitriles is 1. The van der Waals surface area contributed by atoms with E-state index in [1.807, 2.05) is 35.7 Å². The van der Waals surface area contributed by atoms with Gasteiger partial charge in [-0.1, -0.05) is 18.2 Å². The predicted octanol–water partition coefficient (Wildman–Crippen LogP) is 2.42. The molecule has 1 unspecified atom stereocenters. The van der Waals surface area contributed by atoms with Crippen molar-refractivity contribution in [2.75, 3.05) is 13.1 Å². The van der Waals surface area contributed by atoms with Crippen LogP contribution in [0.5, 0.6) is 5.75 Å². The van der Waals surface area contributed by atoms with Crippen LogP contribution in [0.15, 0.2) is 42.0 Å². The number of rotatable bonds is 5. The fourth-order valence-corrected chi connectivity index (χ4v) is 3.98. The van der Waals surface area contributed by atoms with Crippen LogP contribution in [0.2, 0.25) is 0 Å². The fraction of sp³-hybridized carbons (Fsp3) is 0.353. The van der Waals surface area contributed by atoms with Crippen LogP contribution in [0, 0.1) is 11.5 Å². The Hall–Kier alpha value is -2.99. The zero-order valence-electron chi connectivity index (χ0n) is 14.0. The minimum absolute atomic E-state index is 0.379. The summed E-state index contributed by atoms with van der Waals surface area (Å²) in [6.07, 6.45) is 5.10. The van der Waals surface area contributed by atoms with Crippen molar-refractivity contribution in [3.63, 3.8) is 0 Å². The molecule has 8 nitrogen and oxygen atoms in total. The predicted molar refractivity (Wildman–Crippen MR) is 94.3 cm³/mol. The number of para-hydroxylation sites is 1. The molecule has 0 bridgehead atoms. The van der Waals surface area contributed by atoms with Gasteiger partial charge < -0.3 is 9.64 Å². The van der Waals surface area contributed by atoms with E-state index in [0.29, 0.717) is 5.92 Å². The standard InChI is InChI=1S/C17H17N7OS/c18-11-23-8-6-13(7-9-23)16-20-15(10-26-16)17(24-12-19-21-22-24)25-14-4-2-1-3-5-14/h1-5,10,12-13,17H,6-9H2. The lowest BCUT2D eigenvalue weighted by Crippen LogP contribution is -2.28. The van der Waals surface area contributed by atoms with Crippen LogP contribution in [0.25, 0.3) is 0 Å². The van der Waals surface area contributed by atoms with Gasteiger partial charge in [0.15, 0.2) is 6.19 Å². The number of piperidine rings is 1. The normalized spacial score (nSPS) is 16.2. The summed E-state index contributed by atoms with van der Waals surface area (Å²) in [5, 5.41) is 23.5. The first-order valence-electron chi connectivity index (χ1n) is 8.37. The van der Waals surface area contributed by atoms with Crippen LogP contribution in [-0.2, 0) is 0 Å². The van der Waals surface area contributed by atoms with Gasteiger partial charge in [-0.2, -0.15) is 9.94 Å². The van der Waals surface area contributed by atoms with E-state index in [0.717, 1.165) is 42.4 Å². The summed E-state index contributed by atoms with van der Waals surface area (Å²) >= 11 is 1.63. The number of nitrogens with zero attached hydrogens (tertiary/aromatic N) is 7. The van der Waals surface area contributed by atoms with Crippen molar-refractivity contribution in [3.8, 4) is 11.9 Å². The first-order valence-corrected chi connectivity index (χ1v) is 9.25. The van der Waals surface area contributed by atoms with Gasteiger partial charge in [0, 0.05) is 24.4 Å². The van der Waals surface area contributed by atoms with E-state index in [9.17, 15) is 0 Å². The quantitative estimate of drug-likeness (QED) is 0.639. The number of tetrazole rings is 1. The molecule has 1 atom stereocenters. The van der Waals surface area contributed by atoms with Gasteiger partial charge in [-0.05, 0) is 35.4 Å². The van der Waals surface area contributed by atoms with Crippen molar-refractivity contribution in [2.24, 2.45) is 0 Å². The van der Waals surface area contributed by atoms with Crippen LogP contribution < -0.4 is 4.74 Å². The minimum Gasteiger partial charge on any atom is -0.463 e. The van der Waals surface area contributed by atoms with Gasteiger partial charge in [0.25, 0.3) is 0 Å². The maximum Gasteiger partial charge on any atom is 0.238 e. The zero-order valence-corrected chi connectivity index (χ0v) is 14.8. The summed E-state index contributed by atoms with van der Waals surface area (Å²) in [6.45, 7) is 1.57. The average molecular weight is 367 g/mol. The molecule has 3 heterocycles. The molecule has 3 aromatic rings. The summed E-state index contributed by atoms with van der Waals surface area (Å²) in [6, 6.07) is 9.56. The molecule has 9 heteroatoms. The van der Waals surface area contributed by atoms with E-state index in [1.165, 1.54) is 6.33 Å². The molecule has 0 amide bonds. The molecule has 0 N–H and O–H groups in total. The molecule has 0 radical (unpaired) electrons. The lowest BCUT2D eigenvalue weighted by molar-refractivity contribution is 0.152. The highest BCUT2D eigenvalue weighted by Gasteiger charge is 2.26. The summed E-state index contributed by atoms with van der Waals surface area (Å²) in [4.78, 5) is 6.61. The first-order chi connectivity index (χ1) is 12.8. The average Bonchev–Trinajstić information content (AvgIpc) is 3.39. The summed E-state index contributed by atoms with van der Waals surface area (Å²) in [5.41, 5.74) is 0.781. The minimum atomic E-state index is -0.517. The summed E-state index contributed by atoms with van der Waals surface area (Å²) in [5.74, 6) is 1.11. The van der Waals surface area contributed by atoms with Crippen molar-refractivity contribution >= 4 is 11.3 Å². The van der Waals surface area contributed by atoms with E-state index in [4.69, 9.17) is 15.0 Å². The Morgan fingerprint density at radius 2 is 2.04 bits per heavy atom. The third-order valence-corrected chi connectivity index (χ3v) is 5.40. The lowest BCUT2D eigenvalue weighted by Gasteiger charge is -2.26. The fourth-order valence-electron chi connectivity index (χ4n) is 2.98. The monoisotopic (exact) mass is 367 g/mol. The number of benzene rings is 1. The number of thiazole rings is 1. The Morgan fingerprint density at radius 3 is 2.73 bits per heavy atom. The molecule has 1 aliphatic rings. The van der Waals surface area contributed by atoms with Crippen LogP contribution in [0.1, 0.15) is 35.7 Å². The Balaban J connectivity index is 1.55. The first kappa shape index (κ1) is 16.5. The highest BCUT2D eigenvalue weighted by atomic mass is 32.1. The maximum absolute atomic E-state index is 9.00. The Labute approximate surface area is 154 Å². The second-order valence-electron chi connectivity index (χ2n) is 6.05. The summed E-state index contributed by atoms with van der Waals surface area (Å²) < 4.78 is 7.65. The van der Waals surface area contributed by atoms with E-state index < -0.39 is 6.23 Å². The highest BCUT2D eigenvalue weighted by Crippen LogP contribution is 2.32. The number of hydrogen-bond acceptors (Lipinski definition) is 8. The molecular formula is C17H17N7OS. The zero-order chi connectivity index (χ0) is 17.8. The van der Waals surface area contributed by atoms with Gasteiger partial charge in [0.2, 0.25) is 6.23 Å². The summed E-state index contributed by atoms with van der Waals surface area (Å²) in [7, 11) is 0. The van der Waals surface area contributed by atoms with E-state index in [-0.39, 0.29) is 0 Å². The Kier molecular flexibility index (Phi) is 4.75. The highest BCUT2D eigenvalue weighted by molar-refractivity contribution is 7.09.